The van der Waals surface area contributed by atoms with Crippen molar-refractivity contribution in [1.82, 2.24) is 4.98 Å². The molecule has 2 rings (SSSR count). The lowest BCUT2D eigenvalue weighted by Gasteiger charge is -1.93. The minimum Gasteiger partial charge on any atom is -0.439 e. The monoisotopic (exact) mass is 259 g/mol. The van der Waals surface area contributed by atoms with Gasteiger partial charge in [0.25, 0.3) is 0 Å². The van der Waals surface area contributed by atoms with Gasteiger partial charge in [-0.1, -0.05) is 28.1 Å². The van der Waals surface area contributed by atoms with E-state index in [1.54, 1.807) is 0 Å². The van der Waals surface area contributed by atoms with Crippen molar-refractivity contribution in [2.75, 3.05) is 0 Å². The Balaban J connectivity index is 2.67. The first-order chi connectivity index (χ1) is 6.35. The number of hydrogen-bond donors (Lipinski definition) is 0. The van der Waals surface area contributed by atoms with Gasteiger partial charge in [0, 0.05) is 10.9 Å². The summed E-state index contributed by atoms with van der Waals surface area (Å²) in [6, 6.07) is 5.88. The zero-order chi connectivity index (χ0) is 9.26. The first-order valence-electron chi connectivity index (χ1n) is 3.84. The molecule has 4 heteroatoms. The fourth-order valence-corrected chi connectivity index (χ4v) is 1.77. The molecule has 0 spiro atoms. The van der Waals surface area contributed by atoms with E-state index in [2.05, 4.69) is 20.9 Å². The van der Waals surface area contributed by atoms with Crippen LogP contribution in [0.4, 0.5) is 0 Å². The third-order valence-electron chi connectivity index (χ3n) is 1.80. The molecule has 0 saturated heterocycles. The second-order valence-electron chi connectivity index (χ2n) is 2.64. The maximum absolute atomic E-state index is 5.63. The van der Waals surface area contributed by atoms with Crippen LogP contribution in [0.1, 0.15) is 11.5 Å². The summed E-state index contributed by atoms with van der Waals surface area (Å²) in [6.45, 7) is 0. The predicted octanol–water partition coefficient (Wildman–Crippen LogP) is 3.46. The van der Waals surface area contributed by atoms with Crippen molar-refractivity contribution >= 4 is 38.6 Å². The second kappa shape index (κ2) is 3.68. The predicted molar refractivity (Wildman–Crippen MR) is 56.2 cm³/mol. The van der Waals surface area contributed by atoms with Crippen LogP contribution in [-0.2, 0) is 11.2 Å². The van der Waals surface area contributed by atoms with Gasteiger partial charge in [0.1, 0.15) is 5.52 Å². The Morgan fingerprint density at radius 3 is 3.00 bits per heavy atom. The lowest BCUT2D eigenvalue weighted by atomic mass is 10.2. The Kier molecular flexibility index (Phi) is 2.56. The number of oxazole rings is 1. The van der Waals surface area contributed by atoms with Crippen LogP contribution in [0.2, 0.25) is 0 Å². The molecule has 2 nitrogen and oxygen atoms in total. The summed E-state index contributed by atoms with van der Waals surface area (Å²) < 4.78 is 5.47. The summed E-state index contributed by atoms with van der Waals surface area (Å²) in [5.41, 5.74) is 2.80. The third-order valence-corrected chi connectivity index (χ3v) is 2.63. The van der Waals surface area contributed by atoms with Crippen molar-refractivity contribution < 1.29 is 4.42 Å². The number of rotatable bonds is 2. The normalized spacial score (nSPS) is 10.9. The first kappa shape index (κ1) is 9.03. The average Bonchev–Trinajstić information content (AvgIpc) is 2.59. The number of fused-ring (bicyclic) bond motifs is 1. The SMILES string of the molecule is ClCc1nc2cccc(CBr)c2o1. The molecule has 0 atom stereocenters. The molecule has 68 valence electrons. The molecule has 1 heterocycles. The highest BCUT2D eigenvalue weighted by atomic mass is 79.9. The highest BCUT2D eigenvalue weighted by Gasteiger charge is 2.07. The van der Waals surface area contributed by atoms with Gasteiger partial charge in [-0.2, -0.15) is 0 Å². The molecule has 0 radical (unpaired) electrons. The Bertz CT molecular complexity index is 426. The van der Waals surface area contributed by atoms with Crippen molar-refractivity contribution in [3.63, 3.8) is 0 Å². The van der Waals surface area contributed by atoms with Crippen LogP contribution in [0.25, 0.3) is 11.1 Å². The molecule has 0 fully saturated rings. The standard InChI is InChI=1S/C9H7BrClNO/c10-4-6-2-1-3-7-9(6)13-8(5-11)12-7/h1-3H,4-5H2. The lowest BCUT2D eigenvalue weighted by Crippen LogP contribution is -1.76. The maximum atomic E-state index is 5.63. The highest BCUT2D eigenvalue weighted by molar-refractivity contribution is 9.08. The molecule has 1 aromatic heterocycles. The summed E-state index contributed by atoms with van der Waals surface area (Å²) in [5, 5.41) is 0.765. The van der Waals surface area contributed by atoms with Crippen LogP contribution < -0.4 is 0 Å². The number of alkyl halides is 2. The van der Waals surface area contributed by atoms with E-state index in [1.807, 2.05) is 18.2 Å². The fourth-order valence-electron chi connectivity index (χ4n) is 1.21. The molecular formula is C9H7BrClNO. The molecule has 0 unspecified atom stereocenters. The topological polar surface area (TPSA) is 26.0 Å². The van der Waals surface area contributed by atoms with Crippen LogP contribution in [0, 0.1) is 0 Å². The smallest absolute Gasteiger partial charge is 0.210 e. The van der Waals surface area contributed by atoms with E-state index in [0.29, 0.717) is 11.8 Å². The van der Waals surface area contributed by atoms with Gasteiger partial charge in [0.2, 0.25) is 5.89 Å². The zero-order valence-corrected chi connectivity index (χ0v) is 9.10. The van der Waals surface area contributed by atoms with Crippen molar-refractivity contribution in [2.24, 2.45) is 0 Å². The number of nitrogens with zero attached hydrogens (tertiary/aromatic N) is 1. The number of hydrogen-bond acceptors (Lipinski definition) is 2. The third kappa shape index (κ3) is 1.58. The van der Waals surface area contributed by atoms with Gasteiger partial charge in [-0.25, -0.2) is 4.98 Å². The molecule has 1 aromatic carbocycles. The van der Waals surface area contributed by atoms with Gasteiger partial charge in [0.05, 0.1) is 5.88 Å². The summed E-state index contributed by atoms with van der Waals surface area (Å²) in [6.07, 6.45) is 0. The minimum atomic E-state index is 0.316. The number of benzene rings is 1. The summed E-state index contributed by atoms with van der Waals surface area (Å²) in [7, 11) is 0. The molecule has 0 bridgehead atoms. The van der Waals surface area contributed by atoms with Crippen LogP contribution in [0.3, 0.4) is 0 Å². The van der Waals surface area contributed by atoms with E-state index in [-0.39, 0.29) is 0 Å². The van der Waals surface area contributed by atoms with Gasteiger partial charge >= 0.3 is 0 Å². The summed E-state index contributed by atoms with van der Waals surface area (Å²) in [4.78, 5) is 4.22. The first-order valence-corrected chi connectivity index (χ1v) is 5.50. The molecule has 2 aromatic rings. The molecule has 13 heavy (non-hydrogen) atoms. The second-order valence-corrected chi connectivity index (χ2v) is 3.47. The van der Waals surface area contributed by atoms with E-state index in [9.17, 15) is 0 Å². The molecule has 0 aliphatic heterocycles. The van der Waals surface area contributed by atoms with E-state index >= 15 is 0 Å². The Morgan fingerprint density at radius 2 is 2.31 bits per heavy atom. The number of halogens is 2. The van der Waals surface area contributed by atoms with Gasteiger partial charge in [-0.3, -0.25) is 0 Å². The number of para-hydroxylation sites is 1. The largest absolute Gasteiger partial charge is 0.439 e. The van der Waals surface area contributed by atoms with Crippen LogP contribution in [0.5, 0.6) is 0 Å². The molecular weight excluding hydrogens is 253 g/mol. The summed E-state index contributed by atoms with van der Waals surface area (Å²) in [5.74, 6) is 0.890. The van der Waals surface area contributed by atoms with E-state index in [1.165, 1.54) is 0 Å². The van der Waals surface area contributed by atoms with Crippen LogP contribution >= 0.6 is 27.5 Å². The van der Waals surface area contributed by atoms with Crippen molar-refractivity contribution in [1.29, 1.82) is 0 Å². The van der Waals surface area contributed by atoms with Gasteiger partial charge in [0.15, 0.2) is 5.58 Å². The van der Waals surface area contributed by atoms with Gasteiger partial charge < -0.3 is 4.42 Å². The maximum Gasteiger partial charge on any atom is 0.210 e. The highest BCUT2D eigenvalue weighted by Crippen LogP contribution is 2.22. The van der Waals surface area contributed by atoms with E-state index < -0.39 is 0 Å². The molecule has 0 saturated carbocycles. The Hall–Kier alpha value is -0.540. The van der Waals surface area contributed by atoms with Crippen LogP contribution in [0.15, 0.2) is 22.6 Å². The van der Waals surface area contributed by atoms with E-state index in [0.717, 1.165) is 22.0 Å². The van der Waals surface area contributed by atoms with Crippen molar-refractivity contribution in [3.8, 4) is 0 Å². The molecule has 0 aliphatic rings. The molecule has 0 amide bonds. The average molecular weight is 261 g/mol. The Morgan fingerprint density at radius 1 is 1.46 bits per heavy atom. The van der Waals surface area contributed by atoms with Crippen molar-refractivity contribution in [3.05, 3.63) is 29.7 Å². The fraction of sp³-hybridized carbons (Fsp3) is 0.222. The molecule has 0 N–H and O–H groups in total. The van der Waals surface area contributed by atoms with Crippen molar-refractivity contribution in [2.45, 2.75) is 11.2 Å². The Labute approximate surface area is 89.0 Å². The number of aromatic nitrogens is 1. The van der Waals surface area contributed by atoms with Gasteiger partial charge in [-0.05, 0) is 6.07 Å². The van der Waals surface area contributed by atoms with Gasteiger partial charge in [-0.15, -0.1) is 11.6 Å². The van der Waals surface area contributed by atoms with Crippen LogP contribution in [-0.4, -0.2) is 4.98 Å². The summed E-state index contributed by atoms with van der Waals surface area (Å²) >= 11 is 9.01. The lowest BCUT2D eigenvalue weighted by molar-refractivity contribution is 0.553. The van der Waals surface area contributed by atoms with E-state index in [4.69, 9.17) is 16.0 Å². The molecule has 0 aliphatic carbocycles. The quantitative estimate of drug-likeness (QED) is 0.773. The minimum absolute atomic E-state index is 0.316. The zero-order valence-electron chi connectivity index (χ0n) is 6.76.